The maximum absolute atomic E-state index is 11.8. The average molecular weight is 252 g/mol. The highest BCUT2D eigenvalue weighted by atomic mass is 16.5. The molecule has 1 aliphatic carbocycles. The molecule has 0 aromatic rings. The molecular weight excluding hydrogens is 228 g/mol. The number of hydrogen-bond acceptors (Lipinski definition) is 3. The van der Waals surface area contributed by atoms with E-state index < -0.39 is 0 Å². The van der Waals surface area contributed by atoms with Gasteiger partial charge in [-0.25, -0.2) is 0 Å². The van der Waals surface area contributed by atoms with Crippen molar-refractivity contribution in [3.8, 4) is 0 Å². The summed E-state index contributed by atoms with van der Waals surface area (Å²) in [7, 11) is 0. The SMILES string of the molecule is CC/C=C/CCC1C(=O)CCC1CC(=O)OCC. The predicted molar refractivity (Wildman–Crippen MR) is 71.1 cm³/mol. The van der Waals surface area contributed by atoms with Gasteiger partial charge in [-0.2, -0.15) is 0 Å². The van der Waals surface area contributed by atoms with E-state index >= 15 is 0 Å². The van der Waals surface area contributed by atoms with Gasteiger partial charge in [0.25, 0.3) is 0 Å². The summed E-state index contributed by atoms with van der Waals surface area (Å²) in [5.74, 6) is 0.433. The molecule has 1 fully saturated rings. The molecule has 2 atom stereocenters. The molecule has 0 bridgehead atoms. The predicted octanol–water partition coefficient (Wildman–Crippen LogP) is 3.28. The van der Waals surface area contributed by atoms with Crippen LogP contribution in [0.3, 0.4) is 0 Å². The van der Waals surface area contributed by atoms with Gasteiger partial charge >= 0.3 is 5.97 Å². The molecule has 3 nitrogen and oxygen atoms in total. The van der Waals surface area contributed by atoms with E-state index in [9.17, 15) is 9.59 Å². The van der Waals surface area contributed by atoms with Crippen molar-refractivity contribution in [1.82, 2.24) is 0 Å². The smallest absolute Gasteiger partial charge is 0.306 e. The van der Waals surface area contributed by atoms with E-state index in [1.54, 1.807) is 0 Å². The third-order valence-corrected chi connectivity index (χ3v) is 3.53. The van der Waals surface area contributed by atoms with Gasteiger partial charge < -0.3 is 4.74 Å². The summed E-state index contributed by atoms with van der Waals surface area (Å²) in [6, 6.07) is 0. The lowest BCUT2D eigenvalue weighted by Gasteiger charge is -2.16. The summed E-state index contributed by atoms with van der Waals surface area (Å²) in [6.07, 6.45) is 8.98. The molecule has 1 aliphatic rings. The summed E-state index contributed by atoms with van der Waals surface area (Å²) in [6.45, 7) is 4.33. The molecule has 0 aromatic carbocycles. The van der Waals surface area contributed by atoms with E-state index in [4.69, 9.17) is 4.74 Å². The van der Waals surface area contributed by atoms with Crippen LogP contribution in [0.4, 0.5) is 0 Å². The van der Waals surface area contributed by atoms with Gasteiger partial charge in [0.15, 0.2) is 0 Å². The minimum atomic E-state index is -0.161. The number of carbonyl (C=O) groups excluding carboxylic acids is 2. The van der Waals surface area contributed by atoms with Gasteiger partial charge in [-0.3, -0.25) is 9.59 Å². The zero-order valence-corrected chi connectivity index (χ0v) is 11.5. The van der Waals surface area contributed by atoms with Crippen molar-refractivity contribution in [3.63, 3.8) is 0 Å². The third kappa shape index (κ3) is 4.63. The fourth-order valence-electron chi connectivity index (χ4n) is 2.61. The van der Waals surface area contributed by atoms with Crippen LogP contribution in [-0.2, 0) is 14.3 Å². The number of rotatable bonds is 7. The zero-order valence-electron chi connectivity index (χ0n) is 11.5. The summed E-state index contributed by atoms with van der Waals surface area (Å²) in [5.41, 5.74) is 0. The second kappa shape index (κ2) is 8.06. The maximum atomic E-state index is 11.8. The number of ketones is 1. The van der Waals surface area contributed by atoms with Crippen LogP contribution in [0.5, 0.6) is 0 Å². The van der Waals surface area contributed by atoms with Crippen molar-refractivity contribution in [2.75, 3.05) is 6.61 Å². The highest BCUT2D eigenvalue weighted by molar-refractivity contribution is 5.84. The normalized spacial score (nSPS) is 23.8. The molecule has 0 spiro atoms. The van der Waals surface area contributed by atoms with Crippen LogP contribution in [-0.4, -0.2) is 18.4 Å². The Hall–Kier alpha value is -1.12. The first-order chi connectivity index (χ1) is 8.69. The minimum absolute atomic E-state index is 0.0657. The fourth-order valence-corrected chi connectivity index (χ4v) is 2.61. The molecule has 0 heterocycles. The summed E-state index contributed by atoms with van der Waals surface area (Å²) in [5, 5.41) is 0. The largest absolute Gasteiger partial charge is 0.466 e. The molecule has 1 rings (SSSR count). The summed E-state index contributed by atoms with van der Waals surface area (Å²) < 4.78 is 4.97. The molecule has 102 valence electrons. The number of carbonyl (C=O) groups is 2. The van der Waals surface area contributed by atoms with Crippen molar-refractivity contribution in [2.24, 2.45) is 11.8 Å². The van der Waals surface area contributed by atoms with E-state index in [2.05, 4.69) is 19.1 Å². The van der Waals surface area contributed by atoms with Crippen LogP contribution >= 0.6 is 0 Å². The Bertz CT molecular complexity index is 307. The summed E-state index contributed by atoms with van der Waals surface area (Å²) >= 11 is 0. The van der Waals surface area contributed by atoms with Gasteiger partial charge in [-0.1, -0.05) is 19.1 Å². The number of allylic oxidation sites excluding steroid dienone is 2. The Morgan fingerprint density at radius 2 is 2.17 bits per heavy atom. The Balaban J connectivity index is 2.43. The molecule has 0 aliphatic heterocycles. The molecular formula is C15H24O3. The van der Waals surface area contributed by atoms with Crippen LogP contribution in [0.25, 0.3) is 0 Å². The van der Waals surface area contributed by atoms with Crippen LogP contribution in [0, 0.1) is 11.8 Å². The second-order valence-corrected chi connectivity index (χ2v) is 4.84. The first kappa shape index (κ1) is 14.9. The third-order valence-electron chi connectivity index (χ3n) is 3.53. The first-order valence-corrected chi connectivity index (χ1v) is 7.02. The highest BCUT2D eigenvalue weighted by Gasteiger charge is 2.35. The Kier molecular flexibility index (Phi) is 6.69. The van der Waals surface area contributed by atoms with Crippen LogP contribution < -0.4 is 0 Å². The van der Waals surface area contributed by atoms with Gasteiger partial charge in [-0.05, 0) is 38.5 Å². The Morgan fingerprint density at radius 1 is 1.39 bits per heavy atom. The number of esters is 1. The van der Waals surface area contributed by atoms with Crippen LogP contribution in [0.15, 0.2) is 12.2 Å². The van der Waals surface area contributed by atoms with E-state index in [1.165, 1.54) is 0 Å². The molecule has 0 aromatic heterocycles. The molecule has 0 radical (unpaired) electrons. The monoisotopic (exact) mass is 252 g/mol. The zero-order chi connectivity index (χ0) is 13.4. The van der Waals surface area contributed by atoms with Crippen molar-refractivity contribution in [1.29, 1.82) is 0 Å². The van der Waals surface area contributed by atoms with Gasteiger partial charge in [-0.15, -0.1) is 0 Å². The van der Waals surface area contributed by atoms with Gasteiger partial charge in [0, 0.05) is 18.8 Å². The number of ether oxygens (including phenoxy) is 1. The first-order valence-electron chi connectivity index (χ1n) is 7.02. The van der Waals surface area contributed by atoms with Crippen LogP contribution in [0.2, 0.25) is 0 Å². The number of Topliss-reactive ketones (excluding diaryl/α,β-unsaturated/α-hetero) is 1. The van der Waals surface area contributed by atoms with Crippen molar-refractivity contribution in [2.45, 2.75) is 52.4 Å². The van der Waals surface area contributed by atoms with Gasteiger partial charge in [0.2, 0.25) is 0 Å². The van der Waals surface area contributed by atoms with E-state index in [-0.39, 0.29) is 17.8 Å². The highest BCUT2D eigenvalue weighted by Crippen LogP contribution is 2.34. The average Bonchev–Trinajstić information content (AvgIpc) is 2.67. The standard InChI is InChI=1S/C15H24O3/c1-3-5-6-7-8-13-12(9-10-14(13)16)11-15(17)18-4-2/h5-6,12-13H,3-4,7-11H2,1-2H3/b6-5+. The lowest BCUT2D eigenvalue weighted by atomic mass is 9.88. The quantitative estimate of drug-likeness (QED) is 0.516. The Morgan fingerprint density at radius 3 is 2.83 bits per heavy atom. The number of hydrogen-bond donors (Lipinski definition) is 0. The summed E-state index contributed by atoms with van der Waals surface area (Å²) in [4.78, 5) is 23.3. The molecule has 2 unspecified atom stereocenters. The minimum Gasteiger partial charge on any atom is -0.466 e. The van der Waals surface area contributed by atoms with E-state index in [1.807, 2.05) is 6.92 Å². The Labute approximate surface area is 110 Å². The van der Waals surface area contributed by atoms with Crippen LogP contribution in [0.1, 0.15) is 52.4 Å². The molecule has 1 saturated carbocycles. The second-order valence-electron chi connectivity index (χ2n) is 4.84. The molecule has 3 heteroatoms. The fraction of sp³-hybridized carbons (Fsp3) is 0.733. The lowest BCUT2D eigenvalue weighted by molar-refractivity contribution is -0.144. The molecule has 0 amide bonds. The maximum Gasteiger partial charge on any atom is 0.306 e. The molecule has 0 saturated heterocycles. The van der Waals surface area contributed by atoms with E-state index in [0.717, 1.165) is 25.7 Å². The molecule has 18 heavy (non-hydrogen) atoms. The topological polar surface area (TPSA) is 43.4 Å². The van der Waals surface area contributed by atoms with E-state index in [0.29, 0.717) is 25.2 Å². The van der Waals surface area contributed by atoms with Crippen molar-refractivity contribution < 1.29 is 14.3 Å². The van der Waals surface area contributed by atoms with Crippen molar-refractivity contribution in [3.05, 3.63) is 12.2 Å². The van der Waals surface area contributed by atoms with Gasteiger partial charge in [0.1, 0.15) is 5.78 Å². The lowest BCUT2D eigenvalue weighted by Crippen LogP contribution is -2.19. The van der Waals surface area contributed by atoms with Crippen molar-refractivity contribution >= 4 is 11.8 Å². The molecule has 0 N–H and O–H groups in total. The van der Waals surface area contributed by atoms with Gasteiger partial charge in [0.05, 0.1) is 6.61 Å².